The molecule has 1 saturated carbocycles. The minimum atomic E-state index is -0.174. The highest BCUT2D eigenvalue weighted by Crippen LogP contribution is 2.39. The lowest BCUT2D eigenvalue weighted by Crippen LogP contribution is -2.52. The summed E-state index contributed by atoms with van der Waals surface area (Å²) in [5.74, 6) is 2.56. The maximum atomic E-state index is 6.01. The molecule has 0 bridgehead atoms. The minimum Gasteiger partial charge on any atom is -0.378 e. The minimum absolute atomic E-state index is 0.174. The van der Waals surface area contributed by atoms with Gasteiger partial charge in [0.15, 0.2) is 5.82 Å². The van der Waals surface area contributed by atoms with E-state index >= 15 is 0 Å². The molecule has 2 saturated heterocycles. The summed E-state index contributed by atoms with van der Waals surface area (Å²) < 4.78 is 13.7. The van der Waals surface area contributed by atoms with Crippen molar-refractivity contribution in [1.29, 1.82) is 0 Å². The average Bonchev–Trinajstić information content (AvgIpc) is 3.15. The number of ether oxygens (including phenoxy) is 2. The maximum absolute atomic E-state index is 6.01. The summed E-state index contributed by atoms with van der Waals surface area (Å²) in [5.41, 5.74) is 0.687. The van der Waals surface area contributed by atoms with E-state index in [1.165, 1.54) is 12.8 Å². The van der Waals surface area contributed by atoms with E-state index in [2.05, 4.69) is 24.5 Å². The summed E-state index contributed by atoms with van der Waals surface area (Å²) in [6, 6.07) is 0. The molecule has 1 unspecified atom stereocenters. The first-order valence-electron chi connectivity index (χ1n) is 8.01. The summed E-state index contributed by atoms with van der Waals surface area (Å²) in [6.07, 6.45) is 7.21. The number of hydrogen-bond donors (Lipinski definition) is 0. The second kappa shape index (κ2) is 4.63. The van der Waals surface area contributed by atoms with Crippen molar-refractivity contribution in [3.05, 3.63) is 18.2 Å². The number of anilines is 1. The van der Waals surface area contributed by atoms with Crippen LogP contribution in [0, 0.1) is 0 Å². The molecule has 1 aliphatic carbocycles. The Morgan fingerprint density at radius 2 is 2.18 bits per heavy atom. The molecular weight excluding hydrogens is 282 g/mol. The Bertz CT molecular complexity index is 705. The van der Waals surface area contributed by atoms with Gasteiger partial charge in [-0.2, -0.15) is 0 Å². The van der Waals surface area contributed by atoms with Gasteiger partial charge in [0.1, 0.15) is 11.4 Å². The second-order valence-corrected chi connectivity index (χ2v) is 6.53. The lowest BCUT2D eigenvalue weighted by molar-refractivity contribution is -0.0580. The van der Waals surface area contributed by atoms with Crippen LogP contribution in [-0.2, 0) is 9.47 Å². The fourth-order valence-corrected chi connectivity index (χ4v) is 3.53. The van der Waals surface area contributed by atoms with Gasteiger partial charge in [0, 0.05) is 37.9 Å². The molecule has 0 radical (unpaired) electrons. The highest BCUT2D eigenvalue weighted by molar-refractivity contribution is 5.64. The first kappa shape index (κ1) is 12.8. The van der Waals surface area contributed by atoms with Gasteiger partial charge in [-0.1, -0.05) is 0 Å². The third-order valence-corrected chi connectivity index (χ3v) is 4.89. The van der Waals surface area contributed by atoms with Crippen LogP contribution < -0.4 is 4.90 Å². The Labute approximate surface area is 128 Å². The molecule has 116 valence electrons. The zero-order valence-corrected chi connectivity index (χ0v) is 12.4. The van der Waals surface area contributed by atoms with Crippen molar-refractivity contribution in [2.75, 3.05) is 37.8 Å². The highest BCUT2D eigenvalue weighted by atomic mass is 16.6. The average molecular weight is 301 g/mol. The van der Waals surface area contributed by atoms with Crippen molar-refractivity contribution in [2.45, 2.75) is 30.8 Å². The predicted molar refractivity (Wildman–Crippen MR) is 79.1 cm³/mol. The SMILES string of the molecule is c1cn2c(C3CC3)nnc2c(N2CCOC3(CCOC3)C2)n1. The van der Waals surface area contributed by atoms with Crippen molar-refractivity contribution in [3.8, 4) is 0 Å². The Morgan fingerprint density at radius 1 is 1.23 bits per heavy atom. The molecule has 0 aromatic carbocycles. The Kier molecular flexibility index (Phi) is 2.69. The number of morpholine rings is 1. The molecule has 7 nitrogen and oxygen atoms in total. The van der Waals surface area contributed by atoms with Gasteiger partial charge in [0.05, 0.1) is 19.8 Å². The smallest absolute Gasteiger partial charge is 0.203 e. The summed E-state index contributed by atoms with van der Waals surface area (Å²) in [4.78, 5) is 6.86. The van der Waals surface area contributed by atoms with E-state index in [1.807, 2.05) is 12.4 Å². The molecule has 2 aromatic heterocycles. The zero-order valence-electron chi connectivity index (χ0n) is 12.4. The van der Waals surface area contributed by atoms with Crippen LogP contribution >= 0.6 is 0 Å². The molecule has 2 aromatic rings. The fourth-order valence-electron chi connectivity index (χ4n) is 3.53. The fraction of sp³-hybridized carbons (Fsp3) is 0.667. The number of hydrogen-bond acceptors (Lipinski definition) is 6. The third kappa shape index (κ3) is 1.92. The second-order valence-electron chi connectivity index (χ2n) is 6.53. The number of nitrogens with zero attached hydrogens (tertiary/aromatic N) is 5. The van der Waals surface area contributed by atoms with Crippen LogP contribution in [0.5, 0.6) is 0 Å². The van der Waals surface area contributed by atoms with E-state index in [4.69, 9.17) is 9.47 Å². The van der Waals surface area contributed by atoms with Gasteiger partial charge in [0.2, 0.25) is 5.65 Å². The normalized spacial score (nSPS) is 28.8. The molecular formula is C15H19N5O2. The molecule has 22 heavy (non-hydrogen) atoms. The van der Waals surface area contributed by atoms with Crippen LogP contribution in [0.15, 0.2) is 12.4 Å². The van der Waals surface area contributed by atoms with E-state index in [9.17, 15) is 0 Å². The van der Waals surface area contributed by atoms with Crippen LogP contribution in [0.1, 0.15) is 31.0 Å². The quantitative estimate of drug-likeness (QED) is 0.824. The van der Waals surface area contributed by atoms with Crippen LogP contribution in [0.3, 0.4) is 0 Å². The predicted octanol–water partition coefficient (Wildman–Crippen LogP) is 0.997. The number of aromatic nitrogens is 4. The number of rotatable bonds is 2. The van der Waals surface area contributed by atoms with E-state index in [1.54, 1.807) is 0 Å². The summed E-state index contributed by atoms with van der Waals surface area (Å²) in [6.45, 7) is 3.80. The van der Waals surface area contributed by atoms with Gasteiger partial charge in [-0.05, 0) is 12.8 Å². The molecule has 7 heteroatoms. The van der Waals surface area contributed by atoms with Gasteiger partial charge in [0.25, 0.3) is 0 Å². The lowest BCUT2D eigenvalue weighted by atomic mass is 10.0. The highest BCUT2D eigenvalue weighted by Gasteiger charge is 2.41. The van der Waals surface area contributed by atoms with Crippen molar-refractivity contribution >= 4 is 11.5 Å². The zero-order chi connectivity index (χ0) is 14.6. The Morgan fingerprint density at radius 3 is 3.00 bits per heavy atom. The van der Waals surface area contributed by atoms with Gasteiger partial charge < -0.3 is 14.4 Å². The first-order chi connectivity index (χ1) is 10.8. The molecule has 1 atom stereocenters. The van der Waals surface area contributed by atoms with Crippen molar-refractivity contribution < 1.29 is 9.47 Å². The van der Waals surface area contributed by atoms with Crippen molar-refractivity contribution in [1.82, 2.24) is 19.6 Å². The molecule has 4 heterocycles. The van der Waals surface area contributed by atoms with Crippen LogP contribution in [-0.4, -0.2) is 58.1 Å². The molecule has 0 amide bonds. The van der Waals surface area contributed by atoms with Gasteiger partial charge in [-0.25, -0.2) is 4.98 Å². The Hall–Kier alpha value is -1.73. The van der Waals surface area contributed by atoms with Crippen LogP contribution in [0.2, 0.25) is 0 Å². The molecule has 5 rings (SSSR count). The van der Waals surface area contributed by atoms with Gasteiger partial charge in [-0.15, -0.1) is 10.2 Å². The topological polar surface area (TPSA) is 64.8 Å². The molecule has 3 fully saturated rings. The van der Waals surface area contributed by atoms with Crippen molar-refractivity contribution in [3.63, 3.8) is 0 Å². The summed E-state index contributed by atoms with van der Waals surface area (Å²) in [5, 5.41) is 8.80. The summed E-state index contributed by atoms with van der Waals surface area (Å²) in [7, 11) is 0. The standard InChI is InChI=1S/C15H19N5O2/c1-2-11(1)12-17-18-14-13(16-4-5-20(12)14)19-6-8-22-15(9-19)3-7-21-10-15/h4-5,11H,1-3,6-10H2. The Balaban J connectivity index is 1.53. The first-order valence-corrected chi connectivity index (χ1v) is 8.01. The van der Waals surface area contributed by atoms with E-state index < -0.39 is 0 Å². The molecule has 2 aliphatic heterocycles. The van der Waals surface area contributed by atoms with E-state index in [0.29, 0.717) is 19.1 Å². The van der Waals surface area contributed by atoms with E-state index in [-0.39, 0.29) is 5.60 Å². The monoisotopic (exact) mass is 301 g/mol. The molecule has 0 N–H and O–H groups in total. The lowest BCUT2D eigenvalue weighted by Gasteiger charge is -2.39. The van der Waals surface area contributed by atoms with Crippen molar-refractivity contribution in [2.24, 2.45) is 0 Å². The molecule has 3 aliphatic rings. The largest absolute Gasteiger partial charge is 0.378 e. The van der Waals surface area contributed by atoms with Gasteiger partial charge >= 0.3 is 0 Å². The maximum Gasteiger partial charge on any atom is 0.203 e. The molecule has 1 spiro atoms. The third-order valence-electron chi connectivity index (χ3n) is 4.89. The van der Waals surface area contributed by atoms with Gasteiger partial charge in [-0.3, -0.25) is 4.40 Å². The summed E-state index contributed by atoms with van der Waals surface area (Å²) >= 11 is 0. The van der Waals surface area contributed by atoms with E-state index in [0.717, 1.165) is 43.4 Å². The number of fused-ring (bicyclic) bond motifs is 1. The van der Waals surface area contributed by atoms with Crippen LogP contribution in [0.4, 0.5) is 5.82 Å². The van der Waals surface area contributed by atoms with Crippen LogP contribution in [0.25, 0.3) is 5.65 Å².